The fourth-order valence-corrected chi connectivity index (χ4v) is 0.607. The molecule has 0 fully saturated rings. The maximum atomic E-state index is 10.6. The first-order chi connectivity index (χ1) is 5.72. The van der Waals surface area contributed by atoms with Crippen molar-refractivity contribution in [3.8, 4) is 0 Å². The van der Waals surface area contributed by atoms with Crippen LogP contribution >= 0.6 is 0 Å². The first-order valence-corrected chi connectivity index (χ1v) is 3.63. The van der Waals surface area contributed by atoms with E-state index in [-0.39, 0.29) is 5.97 Å². The van der Waals surface area contributed by atoms with E-state index in [1.807, 2.05) is 0 Å². The van der Waals surface area contributed by atoms with E-state index in [0.717, 1.165) is 6.42 Å². The molecule has 1 unspecified atom stereocenters. The number of carbonyl (C=O) groups is 1. The predicted octanol–water partition coefficient (Wildman–Crippen LogP) is -0.189. The van der Waals surface area contributed by atoms with Crippen LogP contribution in [-0.4, -0.2) is 32.8 Å². The van der Waals surface area contributed by atoms with Crippen molar-refractivity contribution < 1.29 is 13.9 Å². The summed E-state index contributed by atoms with van der Waals surface area (Å²) in [6, 6.07) is -0.506. The van der Waals surface area contributed by atoms with Crippen molar-refractivity contribution in [3.63, 3.8) is 0 Å². The molecule has 0 aromatic rings. The Morgan fingerprint density at radius 1 is 1.58 bits per heavy atom. The lowest BCUT2D eigenvalue weighted by molar-refractivity contribution is -0.142. The average molecular weight is 180 g/mol. The molecular weight excluding hydrogens is 163 g/mol. The van der Waals surface area contributed by atoms with Crippen LogP contribution in [0.25, 0.3) is 0 Å². The monoisotopic (exact) mass is 180 g/mol. The van der Waals surface area contributed by atoms with E-state index in [2.05, 4.69) is 4.74 Å². The van der Waals surface area contributed by atoms with Gasteiger partial charge in [-0.25, -0.2) is 0 Å². The Morgan fingerprint density at radius 3 is 2.42 bits per heavy atom. The second kappa shape index (κ2) is 10.3. The second-order valence-corrected chi connectivity index (χ2v) is 2.06. The lowest BCUT2D eigenvalue weighted by Crippen LogP contribution is -2.31. The largest absolute Gasteiger partial charge is 0.468 e. The maximum Gasteiger partial charge on any atom is 0.322 e. The molecule has 0 saturated carbocycles. The minimum atomic E-state index is -0.506. The van der Waals surface area contributed by atoms with Gasteiger partial charge in [-0.3, -0.25) is 9.18 Å². The lowest BCUT2D eigenvalue weighted by atomic mass is 10.2. The van der Waals surface area contributed by atoms with Gasteiger partial charge in [0.1, 0.15) is 6.04 Å². The molecular formula is C7H17FN2O2. The zero-order valence-electron chi connectivity index (χ0n) is 7.55. The van der Waals surface area contributed by atoms with Gasteiger partial charge in [0.05, 0.1) is 14.3 Å². The summed E-state index contributed by atoms with van der Waals surface area (Å²) in [4.78, 5) is 10.6. The van der Waals surface area contributed by atoms with Crippen LogP contribution < -0.4 is 11.5 Å². The molecule has 0 rings (SSSR count). The first kappa shape index (κ1) is 13.9. The van der Waals surface area contributed by atoms with E-state index in [0.29, 0.717) is 20.1 Å². The van der Waals surface area contributed by atoms with Gasteiger partial charge in [0.25, 0.3) is 0 Å². The molecule has 0 aliphatic rings. The molecule has 0 spiro atoms. The Balaban J connectivity index is 0. The van der Waals surface area contributed by atoms with E-state index < -0.39 is 6.04 Å². The van der Waals surface area contributed by atoms with Crippen LogP contribution in [0.3, 0.4) is 0 Å². The number of methoxy groups -OCH3 is 1. The number of nitrogens with two attached hydrogens (primary N) is 2. The fourth-order valence-electron chi connectivity index (χ4n) is 0.607. The van der Waals surface area contributed by atoms with Gasteiger partial charge in [0.2, 0.25) is 0 Å². The molecule has 0 bridgehead atoms. The molecule has 1 atom stereocenters. The van der Waals surface area contributed by atoms with Crippen LogP contribution in [0, 0.1) is 0 Å². The lowest BCUT2D eigenvalue weighted by Gasteiger charge is -2.06. The van der Waals surface area contributed by atoms with Gasteiger partial charge in [-0.15, -0.1) is 0 Å². The molecule has 4 N–H and O–H groups in total. The molecule has 0 amide bonds. The predicted molar refractivity (Wildman–Crippen MR) is 45.3 cm³/mol. The Kier molecular flexibility index (Phi) is 11.9. The third-order valence-corrected chi connectivity index (χ3v) is 1.22. The van der Waals surface area contributed by atoms with Crippen LogP contribution in [-0.2, 0) is 9.53 Å². The molecule has 0 aromatic carbocycles. The molecule has 74 valence electrons. The molecule has 0 saturated heterocycles. The Morgan fingerprint density at radius 2 is 2.08 bits per heavy atom. The van der Waals surface area contributed by atoms with E-state index in [4.69, 9.17) is 11.5 Å². The van der Waals surface area contributed by atoms with Crippen molar-refractivity contribution in [2.24, 2.45) is 11.5 Å². The van der Waals surface area contributed by atoms with Crippen LogP contribution in [0.1, 0.15) is 12.8 Å². The van der Waals surface area contributed by atoms with Crippen molar-refractivity contribution in [1.29, 1.82) is 0 Å². The summed E-state index contributed by atoms with van der Waals surface area (Å²) in [5.74, 6) is -0.367. The molecule has 12 heavy (non-hydrogen) atoms. The van der Waals surface area contributed by atoms with Crippen molar-refractivity contribution in [1.82, 2.24) is 0 Å². The summed E-state index contributed by atoms with van der Waals surface area (Å²) in [5, 5.41) is 0. The third kappa shape index (κ3) is 7.43. The summed E-state index contributed by atoms with van der Waals surface area (Å²) in [6.07, 6.45) is 1.36. The highest BCUT2D eigenvalue weighted by Gasteiger charge is 2.11. The quantitative estimate of drug-likeness (QED) is 0.588. The molecule has 0 aliphatic heterocycles. The number of halogens is 1. The van der Waals surface area contributed by atoms with Crippen molar-refractivity contribution >= 4 is 5.97 Å². The molecule has 0 aliphatic carbocycles. The van der Waals surface area contributed by atoms with Gasteiger partial charge < -0.3 is 16.2 Å². The highest BCUT2D eigenvalue weighted by Crippen LogP contribution is 1.93. The summed E-state index contributed by atoms with van der Waals surface area (Å²) in [5.41, 5.74) is 10.6. The Hall–Kier alpha value is -0.680. The number of esters is 1. The molecule has 0 radical (unpaired) electrons. The van der Waals surface area contributed by atoms with Gasteiger partial charge >= 0.3 is 5.97 Å². The van der Waals surface area contributed by atoms with E-state index >= 15 is 0 Å². The van der Waals surface area contributed by atoms with Gasteiger partial charge in [-0.2, -0.15) is 0 Å². The van der Waals surface area contributed by atoms with E-state index in [1.165, 1.54) is 7.11 Å². The van der Waals surface area contributed by atoms with Crippen molar-refractivity contribution in [2.75, 3.05) is 20.8 Å². The van der Waals surface area contributed by atoms with E-state index in [1.54, 1.807) is 0 Å². The van der Waals surface area contributed by atoms with Gasteiger partial charge in [-0.05, 0) is 19.4 Å². The molecule has 5 heteroatoms. The summed E-state index contributed by atoms with van der Waals surface area (Å²) >= 11 is 0. The minimum absolute atomic E-state index is 0.367. The SMILES string of the molecule is CF.COC(=O)C(N)CCCN. The number of hydrogen-bond acceptors (Lipinski definition) is 4. The fraction of sp³-hybridized carbons (Fsp3) is 0.857. The Bertz CT molecular complexity index is 112. The highest BCUT2D eigenvalue weighted by atomic mass is 19.1. The van der Waals surface area contributed by atoms with Crippen LogP contribution in [0.15, 0.2) is 0 Å². The van der Waals surface area contributed by atoms with Gasteiger partial charge in [0.15, 0.2) is 0 Å². The second-order valence-electron chi connectivity index (χ2n) is 2.06. The first-order valence-electron chi connectivity index (χ1n) is 3.63. The molecule has 4 nitrogen and oxygen atoms in total. The molecule has 0 aromatic heterocycles. The standard InChI is InChI=1S/C6H14N2O2.CH3F/c1-10-6(9)5(8)3-2-4-7;1-2/h5H,2-4,7-8H2,1H3;1H3. The van der Waals surface area contributed by atoms with Crippen molar-refractivity contribution in [3.05, 3.63) is 0 Å². The van der Waals surface area contributed by atoms with Crippen LogP contribution in [0.4, 0.5) is 4.39 Å². The number of rotatable bonds is 4. The normalized spacial score (nSPS) is 11.1. The van der Waals surface area contributed by atoms with Crippen molar-refractivity contribution in [2.45, 2.75) is 18.9 Å². The van der Waals surface area contributed by atoms with E-state index in [9.17, 15) is 9.18 Å². The zero-order valence-corrected chi connectivity index (χ0v) is 7.55. The minimum Gasteiger partial charge on any atom is -0.468 e. The number of ether oxygens (including phenoxy) is 1. The molecule has 0 heterocycles. The maximum absolute atomic E-state index is 10.6. The summed E-state index contributed by atoms with van der Waals surface area (Å²) in [6.45, 7) is 0.560. The number of alkyl halides is 1. The topological polar surface area (TPSA) is 78.3 Å². The smallest absolute Gasteiger partial charge is 0.322 e. The number of hydrogen-bond donors (Lipinski definition) is 2. The summed E-state index contributed by atoms with van der Waals surface area (Å²) < 4.78 is 13.9. The van der Waals surface area contributed by atoms with Crippen LogP contribution in [0.5, 0.6) is 0 Å². The average Bonchev–Trinajstić information content (AvgIpc) is 2.16. The highest BCUT2D eigenvalue weighted by molar-refractivity contribution is 5.75. The number of carbonyl (C=O) groups excluding carboxylic acids is 1. The third-order valence-electron chi connectivity index (χ3n) is 1.22. The summed E-state index contributed by atoms with van der Waals surface area (Å²) in [7, 11) is 1.82. The van der Waals surface area contributed by atoms with Gasteiger partial charge in [-0.1, -0.05) is 0 Å². The zero-order chi connectivity index (χ0) is 9.98. The van der Waals surface area contributed by atoms with Crippen LogP contribution in [0.2, 0.25) is 0 Å². The van der Waals surface area contributed by atoms with Gasteiger partial charge in [0, 0.05) is 0 Å². The Labute approximate surface area is 72.1 Å².